The van der Waals surface area contributed by atoms with Crippen molar-refractivity contribution in [2.75, 3.05) is 19.7 Å². The molecule has 1 aliphatic carbocycles. The van der Waals surface area contributed by atoms with E-state index in [1.165, 1.54) is 19.3 Å². The lowest BCUT2D eigenvalue weighted by atomic mass is 10.0. The zero-order valence-electron chi connectivity index (χ0n) is 11.7. The minimum atomic E-state index is -0.530. The summed E-state index contributed by atoms with van der Waals surface area (Å²) in [5.74, 6) is 0.616. The molecule has 5 heteroatoms. The predicted octanol–water partition coefficient (Wildman–Crippen LogP) is 3.51. The van der Waals surface area contributed by atoms with Gasteiger partial charge in [-0.3, -0.25) is 0 Å². The maximum Gasteiger partial charge on any atom is 0.121 e. The fourth-order valence-corrected chi connectivity index (χ4v) is 2.44. The summed E-state index contributed by atoms with van der Waals surface area (Å²) in [5.41, 5.74) is 0.490. The standard InChI is InChI=1S/C15H21Cl2NO2/c1-2-15(5-6-15)10-18-8-11(19)9-20-12-3-4-13(16)14(17)7-12/h3-4,7,11,18-19H,2,5-6,8-10H2,1H3. The Morgan fingerprint density at radius 1 is 1.35 bits per heavy atom. The Balaban J connectivity index is 1.66. The molecule has 3 nitrogen and oxygen atoms in total. The Labute approximate surface area is 130 Å². The van der Waals surface area contributed by atoms with Crippen LogP contribution in [0.4, 0.5) is 0 Å². The zero-order chi connectivity index (χ0) is 14.6. The molecule has 1 fully saturated rings. The van der Waals surface area contributed by atoms with E-state index in [1.54, 1.807) is 18.2 Å². The van der Waals surface area contributed by atoms with Gasteiger partial charge in [-0.05, 0) is 36.8 Å². The van der Waals surface area contributed by atoms with Gasteiger partial charge in [-0.1, -0.05) is 30.1 Å². The fraction of sp³-hybridized carbons (Fsp3) is 0.600. The highest BCUT2D eigenvalue weighted by Crippen LogP contribution is 2.47. The third-order valence-corrected chi connectivity index (χ3v) is 4.66. The van der Waals surface area contributed by atoms with Crippen molar-refractivity contribution < 1.29 is 9.84 Å². The van der Waals surface area contributed by atoms with Crippen LogP contribution in [0.2, 0.25) is 10.0 Å². The van der Waals surface area contributed by atoms with E-state index in [2.05, 4.69) is 12.2 Å². The molecule has 0 aliphatic heterocycles. The molecule has 0 heterocycles. The normalized spacial score (nSPS) is 17.8. The van der Waals surface area contributed by atoms with Crippen molar-refractivity contribution in [3.63, 3.8) is 0 Å². The topological polar surface area (TPSA) is 41.5 Å². The van der Waals surface area contributed by atoms with Crippen LogP contribution in [0, 0.1) is 5.41 Å². The Bertz CT molecular complexity index is 449. The maximum atomic E-state index is 9.88. The molecule has 0 bridgehead atoms. The molecule has 1 aromatic rings. The molecule has 1 atom stereocenters. The van der Waals surface area contributed by atoms with Crippen LogP contribution in [0.3, 0.4) is 0 Å². The molecule has 1 aliphatic rings. The van der Waals surface area contributed by atoms with Crippen molar-refractivity contribution >= 4 is 23.2 Å². The fourth-order valence-electron chi connectivity index (χ4n) is 2.15. The van der Waals surface area contributed by atoms with Gasteiger partial charge in [0.2, 0.25) is 0 Å². The largest absolute Gasteiger partial charge is 0.491 e. The second-order valence-corrected chi connectivity index (χ2v) is 6.34. The van der Waals surface area contributed by atoms with Crippen molar-refractivity contribution in [1.29, 1.82) is 0 Å². The molecule has 0 amide bonds. The SMILES string of the molecule is CCC1(CNCC(O)COc2ccc(Cl)c(Cl)c2)CC1. The quantitative estimate of drug-likeness (QED) is 0.771. The summed E-state index contributed by atoms with van der Waals surface area (Å²) in [6.07, 6.45) is 3.27. The van der Waals surface area contributed by atoms with Crippen LogP contribution in [0.15, 0.2) is 18.2 Å². The predicted molar refractivity (Wildman–Crippen MR) is 82.8 cm³/mol. The van der Waals surface area contributed by atoms with Crippen LogP contribution in [0.25, 0.3) is 0 Å². The number of rotatable bonds is 8. The summed E-state index contributed by atoms with van der Waals surface area (Å²) in [7, 11) is 0. The third kappa shape index (κ3) is 4.52. The highest BCUT2D eigenvalue weighted by Gasteiger charge is 2.39. The smallest absolute Gasteiger partial charge is 0.121 e. The minimum absolute atomic E-state index is 0.240. The number of ether oxygens (including phenoxy) is 1. The van der Waals surface area contributed by atoms with Crippen LogP contribution in [-0.4, -0.2) is 30.9 Å². The van der Waals surface area contributed by atoms with Crippen LogP contribution >= 0.6 is 23.2 Å². The summed E-state index contributed by atoms with van der Waals surface area (Å²) < 4.78 is 5.50. The molecule has 1 aromatic carbocycles. The number of aliphatic hydroxyl groups excluding tert-OH is 1. The molecule has 0 spiro atoms. The van der Waals surface area contributed by atoms with Crippen LogP contribution in [0.1, 0.15) is 26.2 Å². The lowest BCUT2D eigenvalue weighted by molar-refractivity contribution is 0.105. The van der Waals surface area contributed by atoms with Crippen molar-refractivity contribution in [2.24, 2.45) is 5.41 Å². The van der Waals surface area contributed by atoms with Gasteiger partial charge in [-0.25, -0.2) is 0 Å². The van der Waals surface area contributed by atoms with Gasteiger partial charge in [0.05, 0.1) is 10.0 Å². The molecule has 20 heavy (non-hydrogen) atoms. The van der Waals surface area contributed by atoms with Crippen molar-refractivity contribution in [3.05, 3.63) is 28.2 Å². The van der Waals surface area contributed by atoms with E-state index in [-0.39, 0.29) is 6.61 Å². The van der Waals surface area contributed by atoms with Crippen LogP contribution < -0.4 is 10.1 Å². The Hall–Kier alpha value is -0.480. The highest BCUT2D eigenvalue weighted by atomic mass is 35.5. The first-order valence-electron chi connectivity index (χ1n) is 7.01. The van der Waals surface area contributed by atoms with Crippen LogP contribution in [-0.2, 0) is 0 Å². The Morgan fingerprint density at radius 2 is 2.10 bits per heavy atom. The summed E-state index contributed by atoms with van der Waals surface area (Å²) in [6, 6.07) is 5.08. The first-order valence-corrected chi connectivity index (χ1v) is 7.77. The molecule has 0 saturated heterocycles. The van der Waals surface area contributed by atoms with Gasteiger partial charge in [-0.15, -0.1) is 0 Å². The lowest BCUT2D eigenvalue weighted by Crippen LogP contribution is -2.34. The molecule has 1 saturated carbocycles. The van der Waals surface area contributed by atoms with E-state index in [1.807, 2.05) is 0 Å². The van der Waals surface area contributed by atoms with Crippen molar-refractivity contribution in [3.8, 4) is 5.75 Å². The Morgan fingerprint density at radius 3 is 2.70 bits per heavy atom. The van der Waals surface area contributed by atoms with Gasteiger partial charge < -0.3 is 15.2 Å². The highest BCUT2D eigenvalue weighted by molar-refractivity contribution is 6.42. The summed E-state index contributed by atoms with van der Waals surface area (Å²) in [4.78, 5) is 0. The van der Waals surface area contributed by atoms with Gasteiger partial charge >= 0.3 is 0 Å². The number of hydrogen-bond acceptors (Lipinski definition) is 3. The summed E-state index contributed by atoms with van der Waals surface area (Å²) >= 11 is 11.7. The second kappa shape index (κ2) is 6.99. The molecular formula is C15H21Cl2NO2. The maximum absolute atomic E-state index is 9.88. The number of benzene rings is 1. The van der Waals surface area contributed by atoms with Crippen LogP contribution in [0.5, 0.6) is 5.75 Å². The molecule has 1 unspecified atom stereocenters. The average molecular weight is 318 g/mol. The van der Waals surface area contributed by atoms with E-state index in [4.69, 9.17) is 27.9 Å². The first-order chi connectivity index (χ1) is 9.54. The molecule has 2 N–H and O–H groups in total. The van der Waals surface area contributed by atoms with Gasteiger partial charge in [0, 0.05) is 19.2 Å². The zero-order valence-corrected chi connectivity index (χ0v) is 13.2. The van der Waals surface area contributed by atoms with E-state index in [0.717, 1.165) is 6.54 Å². The van der Waals surface area contributed by atoms with Crippen molar-refractivity contribution in [1.82, 2.24) is 5.32 Å². The van der Waals surface area contributed by atoms with E-state index < -0.39 is 6.10 Å². The monoisotopic (exact) mass is 317 g/mol. The summed E-state index contributed by atoms with van der Waals surface area (Å²) in [6.45, 7) is 3.99. The number of hydrogen-bond donors (Lipinski definition) is 2. The minimum Gasteiger partial charge on any atom is -0.491 e. The molecular weight excluding hydrogens is 297 g/mol. The van der Waals surface area contributed by atoms with E-state index >= 15 is 0 Å². The molecule has 0 radical (unpaired) electrons. The van der Waals surface area contributed by atoms with E-state index in [9.17, 15) is 5.11 Å². The second-order valence-electron chi connectivity index (χ2n) is 5.53. The number of aliphatic hydroxyl groups is 1. The molecule has 2 rings (SSSR count). The summed E-state index contributed by atoms with van der Waals surface area (Å²) in [5, 5.41) is 14.1. The van der Waals surface area contributed by atoms with Crippen molar-refractivity contribution in [2.45, 2.75) is 32.3 Å². The van der Waals surface area contributed by atoms with Gasteiger partial charge in [0.15, 0.2) is 0 Å². The first kappa shape index (κ1) is 15.9. The molecule has 112 valence electrons. The number of nitrogens with one attached hydrogen (secondary N) is 1. The Kier molecular flexibility index (Phi) is 5.56. The van der Waals surface area contributed by atoms with Gasteiger partial charge in [-0.2, -0.15) is 0 Å². The lowest BCUT2D eigenvalue weighted by Gasteiger charge is -2.17. The third-order valence-electron chi connectivity index (χ3n) is 3.92. The number of halogens is 2. The van der Waals surface area contributed by atoms with E-state index in [0.29, 0.717) is 27.8 Å². The average Bonchev–Trinajstić information content (AvgIpc) is 3.21. The van der Waals surface area contributed by atoms with Gasteiger partial charge in [0.1, 0.15) is 18.5 Å². The molecule has 0 aromatic heterocycles. The van der Waals surface area contributed by atoms with Gasteiger partial charge in [0.25, 0.3) is 0 Å².